The normalized spacial score (nSPS) is 30.9. The number of hydrogen-bond donors (Lipinski definition) is 2. The van der Waals surface area contributed by atoms with Gasteiger partial charge in [-0.15, -0.1) is 0 Å². The average Bonchev–Trinajstić information content (AvgIpc) is 2.84. The molecule has 0 saturated carbocycles. The number of unbranched alkanes of at least 4 members (excludes halogenated alkanes) is 1. The van der Waals surface area contributed by atoms with Crippen molar-refractivity contribution in [3.63, 3.8) is 0 Å². The molecule has 17 heavy (non-hydrogen) atoms. The van der Waals surface area contributed by atoms with Gasteiger partial charge in [0.25, 0.3) is 0 Å². The minimum Gasteiger partial charge on any atom is -0.332 e. The van der Waals surface area contributed by atoms with E-state index in [0.717, 1.165) is 25.0 Å². The Morgan fingerprint density at radius 1 is 1.41 bits per heavy atom. The van der Waals surface area contributed by atoms with E-state index in [2.05, 4.69) is 10.6 Å². The fourth-order valence-corrected chi connectivity index (χ4v) is 4.03. The zero-order valence-corrected chi connectivity index (χ0v) is 11.0. The van der Waals surface area contributed by atoms with E-state index in [0.29, 0.717) is 36.0 Å². The summed E-state index contributed by atoms with van der Waals surface area (Å²) < 4.78 is 0. The Morgan fingerprint density at radius 3 is 3.00 bits per heavy atom. The van der Waals surface area contributed by atoms with Gasteiger partial charge in [-0.2, -0.15) is 11.8 Å². The molecular weight excluding hydrogens is 236 g/mol. The molecule has 3 atom stereocenters. The number of rotatable bonds is 6. The van der Waals surface area contributed by atoms with Crippen LogP contribution in [0.1, 0.15) is 39.0 Å². The molecule has 1 unspecified atom stereocenters. The van der Waals surface area contributed by atoms with Crippen molar-refractivity contribution in [2.45, 2.75) is 56.4 Å². The van der Waals surface area contributed by atoms with Crippen molar-refractivity contribution in [3.05, 3.63) is 0 Å². The zero-order valence-electron chi connectivity index (χ0n) is 10.2. The molecule has 0 aromatic heterocycles. The third-order valence-electron chi connectivity index (χ3n) is 3.53. The largest absolute Gasteiger partial charge is 0.332 e. The molecule has 2 aliphatic rings. The van der Waals surface area contributed by atoms with Crippen LogP contribution in [0.2, 0.25) is 0 Å². The van der Waals surface area contributed by atoms with Crippen LogP contribution >= 0.6 is 11.8 Å². The van der Waals surface area contributed by atoms with Crippen molar-refractivity contribution in [1.29, 1.82) is 0 Å². The summed E-state index contributed by atoms with van der Waals surface area (Å²) in [6.07, 6.45) is 4.55. The summed E-state index contributed by atoms with van der Waals surface area (Å²) >= 11 is 1.94. The van der Waals surface area contributed by atoms with Gasteiger partial charge in [0, 0.05) is 23.8 Å². The van der Waals surface area contributed by atoms with E-state index in [9.17, 15) is 9.59 Å². The van der Waals surface area contributed by atoms with Crippen molar-refractivity contribution in [3.8, 4) is 0 Å². The molecule has 2 fully saturated rings. The Balaban J connectivity index is 1.66. The van der Waals surface area contributed by atoms with Gasteiger partial charge in [0.1, 0.15) is 5.78 Å². The van der Waals surface area contributed by atoms with Crippen LogP contribution < -0.4 is 10.6 Å². The topological polar surface area (TPSA) is 58.2 Å². The van der Waals surface area contributed by atoms with Crippen LogP contribution in [-0.4, -0.2) is 34.9 Å². The third-order valence-corrected chi connectivity index (χ3v) is 5.04. The van der Waals surface area contributed by atoms with E-state index in [1.165, 1.54) is 0 Å². The van der Waals surface area contributed by atoms with Gasteiger partial charge in [-0.05, 0) is 12.8 Å². The van der Waals surface area contributed by atoms with Crippen LogP contribution in [0, 0.1) is 0 Å². The molecule has 0 aromatic carbocycles. The highest BCUT2D eigenvalue weighted by molar-refractivity contribution is 8.00. The molecule has 2 amide bonds. The first-order valence-electron chi connectivity index (χ1n) is 6.41. The lowest BCUT2D eigenvalue weighted by molar-refractivity contribution is -0.118. The summed E-state index contributed by atoms with van der Waals surface area (Å²) in [6.45, 7) is 1.92. The van der Waals surface area contributed by atoms with E-state index >= 15 is 0 Å². The number of amides is 2. The molecule has 4 nitrogen and oxygen atoms in total. The highest BCUT2D eigenvalue weighted by Gasteiger charge is 2.42. The lowest BCUT2D eigenvalue weighted by atomic mass is 10.0. The van der Waals surface area contributed by atoms with Crippen molar-refractivity contribution in [2.24, 2.45) is 0 Å². The summed E-state index contributed by atoms with van der Waals surface area (Å²) in [5, 5.41) is 6.45. The number of fused-ring (bicyclic) bond motifs is 1. The zero-order chi connectivity index (χ0) is 12.3. The highest BCUT2D eigenvalue weighted by atomic mass is 32.2. The van der Waals surface area contributed by atoms with Crippen LogP contribution in [0.5, 0.6) is 0 Å². The second-order valence-electron chi connectivity index (χ2n) is 4.76. The van der Waals surface area contributed by atoms with Gasteiger partial charge in [-0.3, -0.25) is 4.79 Å². The third kappa shape index (κ3) is 3.15. The van der Waals surface area contributed by atoms with Crippen molar-refractivity contribution in [1.82, 2.24) is 10.6 Å². The van der Waals surface area contributed by atoms with Crippen molar-refractivity contribution >= 4 is 23.6 Å². The lowest BCUT2D eigenvalue weighted by Gasteiger charge is -2.16. The second kappa shape index (κ2) is 5.76. The number of carbonyl (C=O) groups is 2. The minimum absolute atomic E-state index is 0.0218. The molecule has 0 aliphatic carbocycles. The van der Waals surface area contributed by atoms with E-state index in [1.807, 2.05) is 18.7 Å². The maximum absolute atomic E-state index is 11.2. The molecule has 2 rings (SSSR count). The molecule has 5 heteroatoms. The van der Waals surface area contributed by atoms with Crippen LogP contribution in [0.25, 0.3) is 0 Å². The van der Waals surface area contributed by atoms with E-state index in [-0.39, 0.29) is 6.03 Å². The summed E-state index contributed by atoms with van der Waals surface area (Å²) in [5.74, 6) is 1.37. The monoisotopic (exact) mass is 256 g/mol. The molecule has 0 spiro atoms. The number of hydrogen-bond acceptors (Lipinski definition) is 3. The number of thioether (sulfide) groups is 1. The number of urea groups is 1. The molecule has 96 valence electrons. The summed E-state index contributed by atoms with van der Waals surface area (Å²) in [4.78, 5) is 22.3. The smallest absolute Gasteiger partial charge is 0.315 e. The molecule has 2 aliphatic heterocycles. The van der Waals surface area contributed by atoms with Gasteiger partial charge in [-0.25, -0.2) is 4.79 Å². The predicted molar refractivity (Wildman–Crippen MR) is 69.3 cm³/mol. The van der Waals surface area contributed by atoms with Crippen LogP contribution in [0.3, 0.4) is 0 Å². The van der Waals surface area contributed by atoms with Gasteiger partial charge in [-0.1, -0.05) is 13.3 Å². The summed E-state index contributed by atoms with van der Waals surface area (Å²) in [6, 6.07) is 0.593. The van der Waals surface area contributed by atoms with E-state index in [4.69, 9.17) is 0 Å². The van der Waals surface area contributed by atoms with Gasteiger partial charge in [0.15, 0.2) is 0 Å². The molecule has 2 saturated heterocycles. The minimum atomic E-state index is -0.0218. The first-order chi connectivity index (χ1) is 8.20. The van der Waals surface area contributed by atoms with E-state index < -0.39 is 0 Å². The molecule has 0 radical (unpaired) electrons. The summed E-state index contributed by atoms with van der Waals surface area (Å²) in [7, 11) is 0. The van der Waals surface area contributed by atoms with Gasteiger partial charge >= 0.3 is 6.03 Å². The average molecular weight is 256 g/mol. The predicted octanol–water partition coefficient (Wildman–Crippen LogP) is 1.69. The van der Waals surface area contributed by atoms with Gasteiger partial charge in [0.2, 0.25) is 0 Å². The first-order valence-corrected chi connectivity index (χ1v) is 7.46. The molecular formula is C12H20N2O2S. The maximum Gasteiger partial charge on any atom is 0.315 e. The fourth-order valence-electron chi connectivity index (χ4n) is 2.49. The van der Waals surface area contributed by atoms with Crippen LogP contribution in [0.4, 0.5) is 4.79 Å². The maximum atomic E-state index is 11.2. The highest BCUT2D eigenvalue weighted by Crippen LogP contribution is 2.33. The van der Waals surface area contributed by atoms with Crippen molar-refractivity contribution < 1.29 is 9.59 Å². The quantitative estimate of drug-likeness (QED) is 0.561. The first kappa shape index (κ1) is 12.7. The standard InChI is InChI=1S/C12H20N2O2S/c1-2-8(15)5-3-4-6-10-11-9(7-17-10)13-12(16)14-11/h9-11H,2-7H2,1H3,(H2,13,14,16)/t9-,10?,11-/m1/s1. The Kier molecular flexibility index (Phi) is 4.31. The number of Topliss-reactive ketones (excluding diaryl/α,β-unsaturated/α-hetero) is 1. The Labute approximate surface area is 106 Å². The van der Waals surface area contributed by atoms with Crippen LogP contribution in [0.15, 0.2) is 0 Å². The van der Waals surface area contributed by atoms with E-state index in [1.54, 1.807) is 0 Å². The van der Waals surface area contributed by atoms with Crippen molar-refractivity contribution in [2.75, 3.05) is 5.75 Å². The summed E-state index contributed by atoms with van der Waals surface area (Å²) in [5.41, 5.74) is 0. The Morgan fingerprint density at radius 2 is 2.24 bits per heavy atom. The number of carbonyl (C=O) groups excluding carboxylic acids is 2. The molecule has 0 bridgehead atoms. The Bertz CT molecular complexity index is 309. The molecule has 2 N–H and O–H groups in total. The van der Waals surface area contributed by atoms with Gasteiger partial charge < -0.3 is 10.6 Å². The second-order valence-corrected chi connectivity index (χ2v) is 6.03. The SMILES string of the molecule is CCC(=O)CCCCC1SC[C@H]2NC(=O)N[C@@H]12. The van der Waals surface area contributed by atoms with Crippen LogP contribution in [-0.2, 0) is 4.79 Å². The van der Waals surface area contributed by atoms with Gasteiger partial charge in [0.05, 0.1) is 12.1 Å². The Hall–Kier alpha value is -0.710. The number of ketones is 1. The molecule has 2 heterocycles. The lowest BCUT2D eigenvalue weighted by Crippen LogP contribution is -2.36. The number of nitrogens with one attached hydrogen (secondary N) is 2. The molecule has 0 aromatic rings. The fraction of sp³-hybridized carbons (Fsp3) is 0.833.